The van der Waals surface area contributed by atoms with Gasteiger partial charge in [0.2, 0.25) is 0 Å². The van der Waals surface area contributed by atoms with Crippen LogP contribution >= 0.6 is 24.4 Å². The number of hydrogen-bond donors (Lipinski definition) is 3. The lowest BCUT2D eigenvalue weighted by molar-refractivity contribution is -0.135. The van der Waals surface area contributed by atoms with Gasteiger partial charge in [-0.25, -0.2) is 10.0 Å². The second-order valence-electron chi connectivity index (χ2n) is 3.13. The van der Waals surface area contributed by atoms with Crippen molar-refractivity contribution in [3.63, 3.8) is 0 Å². The van der Waals surface area contributed by atoms with Gasteiger partial charge in [-0.15, -0.1) is 0 Å². The van der Waals surface area contributed by atoms with Crippen molar-refractivity contribution < 1.29 is 9.90 Å². The minimum Gasteiger partial charge on any atom is -0.481 e. The van der Waals surface area contributed by atoms with Gasteiger partial charge in [0.1, 0.15) is 0 Å². The van der Waals surface area contributed by atoms with Gasteiger partial charge < -0.3 is 16.6 Å². The molecule has 0 amide bonds. The number of carboxylic acids is 1. The molecule has 0 aliphatic heterocycles. The predicted octanol–water partition coefficient (Wildman–Crippen LogP) is -0.846. The molecule has 10 heteroatoms. The summed E-state index contributed by atoms with van der Waals surface area (Å²) in [5.41, 5.74) is 10.8. The third-order valence-corrected chi connectivity index (χ3v) is 2.16. The first kappa shape index (κ1) is 16.2. The lowest BCUT2D eigenvalue weighted by atomic mass is 10.3. The quantitative estimate of drug-likeness (QED) is 0.340. The first-order valence-electron chi connectivity index (χ1n) is 4.63. The molecule has 0 fully saturated rings. The standard InChI is InChI=1S/C8H14N6O2S2/c1-13(7(9)17)11-4-5(3-6(15)16)12-14(2)8(10)18/h4H,3H2,1-2H3,(H2,9,17)(H2,10,18)(H,15,16). The molecule has 0 bridgehead atoms. The number of nitrogens with zero attached hydrogens (tertiary/aromatic N) is 4. The molecule has 0 heterocycles. The van der Waals surface area contributed by atoms with Crippen LogP contribution in [0.15, 0.2) is 10.2 Å². The Balaban J connectivity index is 4.95. The predicted molar refractivity (Wildman–Crippen MR) is 77.3 cm³/mol. The van der Waals surface area contributed by atoms with Gasteiger partial charge in [-0.3, -0.25) is 4.79 Å². The first-order valence-corrected chi connectivity index (χ1v) is 5.45. The Morgan fingerprint density at radius 3 is 2.17 bits per heavy atom. The van der Waals surface area contributed by atoms with Crippen molar-refractivity contribution in [3.05, 3.63) is 0 Å². The number of thiocarbonyl (C=S) groups is 2. The Hall–Kier alpha value is -1.81. The highest BCUT2D eigenvalue weighted by atomic mass is 32.1. The maximum Gasteiger partial charge on any atom is 0.309 e. The topological polar surface area (TPSA) is 121 Å². The zero-order chi connectivity index (χ0) is 14.3. The maximum atomic E-state index is 10.7. The number of hydrazone groups is 2. The highest BCUT2D eigenvalue weighted by Crippen LogP contribution is 1.92. The fourth-order valence-electron chi connectivity index (χ4n) is 0.714. The van der Waals surface area contributed by atoms with Gasteiger partial charge in [0.25, 0.3) is 0 Å². The molecule has 0 aromatic heterocycles. The monoisotopic (exact) mass is 290 g/mol. The van der Waals surface area contributed by atoms with Crippen molar-refractivity contribution in [1.82, 2.24) is 10.0 Å². The number of hydrogen-bond acceptors (Lipinski definition) is 5. The van der Waals surface area contributed by atoms with Crippen molar-refractivity contribution in [2.75, 3.05) is 14.1 Å². The van der Waals surface area contributed by atoms with E-state index in [-0.39, 0.29) is 22.4 Å². The van der Waals surface area contributed by atoms with Crippen molar-refractivity contribution in [2.24, 2.45) is 21.7 Å². The van der Waals surface area contributed by atoms with E-state index in [1.807, 2.05) is 0 Å². The Morgan fingerprint density at radius 2 is 1.78 bits per heavy atom. The molecule has 0 saturated carbocycles. The summed E-state index contributed by atoms with van der Waals surface area (Å²) in [6, 6.07) is 0. The van der Waals surface area contributed by atoms with Crippen LogP contribution < -0.4 is 11.5 Å². The van der Waals surface area contributed by atoms with Crippen LogP contribution in [0.2, 0.25) is 0 Å². The SMILES string of the molecule is CN(N=CC(CC(=O)O)=NN(C)C(N)=S)C(N)=S. The molecule has 18 heavy (non-hydrogen) atoms. The number of carboxylic acid groups (broad SMARTS) is 1. The molecule has 0 atom stereocenters. The summed E-state index contributed by atoms with van der Waals surface area (Å²) in [6.45, 7) is 0. The van der Waals surface area contributed by atoms with E-state index in [1.54, 1.807) is 0 Å². The molecule has 8 nitrogen and oxygen atoms in total. The molecule has 0 rings (SSSR count). The summed E-state index contributed by atoms with van der Waals surface area (Å²) in [5, 5.41) is 18.9. The maximum absolute atomic E-state index is 10.7. The Kier molecular flexibility index (Phi) is 6.75. The second kappa shape index (κ2) is 7.50. The minimum atomic E-state index is -1.06. The second-order valence-corrected chi connectivity index (χ2v) is 3.97. The lowest BCUT2D eigenvalue weighted by Crippen LogP contribution is -2.30. The fourth-order valence-corrected chi connectivity index (χ4v) is 0.802. The van der Waals surface area contributed by atoms with Gasteiger partial charge in [0.05, 0.1) is 18.3 Å². The van der Waals surface area contributed by atoms with Crippen LogP contribution in [0, 0.1) is 0 Å². The zero-order valence-corrected chi connectivity index (χ0v) is 11.5. The van der Waals surface area contributed by atoms with E-state index in [0.717, 1.165) is 0 Å². The zero-order valence-electron chi connectivity index (χ0n) is 9.90. The van der Waals surface area contributed by atoms with Gasteiger partial charge in [0.15, 0.2) is 10.2 Å². The van der Waals surface area contributed by atoms with E-state index in [4.69, 9.17) is 16.6 Å². The number of carbonyl (C=O) groups is 1. The summed E-state index contributed by atoms with van der Waals surface area (Å²) in [5.74, 6) is -1.06. The molecular formula is C8H14N6O2S2. The summed E-state index contributed by atoms with van der Waals surface area (Å²) in [4.78, 5) is 10.7. The third kappa shape index (κ3) is 6.70. The molecular weight excluding hydrogens is 276 g/mol. The highest BCUT2D eigenvalue weighted by molar-refractivity contribution is 7.80. The molecule has 0 spiro atoms. The molecule has 100 valence electrons. The smallest absolute Gasteiger partial charge is 0.309 e. The first-order chi connectivity index (χ1) is 8.23. The molecule has 0 radical (unpaired) electrons. The average Bonchev–Trinajstić information content (AvgIpc) is 2.24. The van der Waals surface area contributed by atoms with Crippen LogP contribution in [0.1, 0.15) is 6.42 Å². The van der Waals surface area contributed by atoms with Crippen molar-refractivity contribution in [2.45, 2.75) is 6.42 Å². The molecule has 0 aromatic rings. The molecule has 0 unspecified atom stereocenters. The van der Waals surface area contributed by atoms with Gasteiger partial charge in [-0.1, -0.05) is 0 Å². The van der Waals surface area contributed by atoms with Gasteiger partial charge in [-0.05, 0) is 24.4 Å². The van der Waals surface area contributed by atoms with Crippen LogP contribution in [0.3, 0.4) is 0 Å². The molecule has 0 aromatic carbocycles. The van der Waals surface area contributed by atoms with Crippen molar-refractivity contribution in [3.8, 4) is 0 Å². The summed E-state index contributed by atoms with van der Waals surface area (Å²) >= 11 is 9.35. The van der Waals surface area contributed by atoms with Crippen LogP contribution in [0.25, 0.3) is 0 Å². The normalized spacial score (nSPS) is 11.3. The van der Waals surface area contributed by atoms with E-state index in [0.29, 0.717) is 0 Å². The summed E-state index contributed by atoms with van der Waals surface area (Å²) < 4.78 is 0. The van der Waals surface area contributed by atoms with E-state index in [2.05, 4.69) is 34.6 Å². The number of rotatable bonds is 5. The number of nitrogens with two attached hydrogens (primary N) is 2. The molecule has 0 aliphatic rings. The lowest BCUT2D eigenvalue weighted by Gasteiger charge is -2.12. The van der Waals surface area contributed by atoms with Crippen LogP contribution in [0.4, 0.5) is 0 Å². The van der Waals surface area contributed by atoms with E-state index < -0.39 is 5.97 Å². The summed E-state index contributed by atoms with van der Waals surface area (Å²) in [6.07, 6.45) is 0.893. The van der Waals surface area contributed by atoms with E-state index >= 15 is 0 Å². The molecule has 0 aliphatic carbocycles. The van der Waals surface area contributed by atoms with Crippen LogP contribution in [-0.2, 0) is 4.79 Å². The van der Waals surface area contributed by atoms with E-state index in [9.17, 15) is 4.79 Å². The average molecular weight is 290 g/mol. The largest absolute Gasteiger partial charge is 0.481 e. The van der Waals surface area contributed by atoms with E-state index in [1.165, 1.54) is 30.3 Å². The van der Waals surface area contributed by atoms with Crippen LogP contribution in [0.5, 0.6) is 0 Å². The molecule has 0 saturated heterocycles. The summed E-state index contributed by atoms with van der Waals surface area (Å²) in [7, 11) is 3.02. The third-order valence-electron chi connectivity index (χ3n) is 1.63. The molecule has 5 N–H and O–H groups in total. The van der Waals surface area contributed by atoms with Crippen molar-refractivity contribution >= 4 is 52.6 Å². The number of aliphatic carboxylic acids is 1. The Labute approximate surface area is 115 Å². The van der Waals surface area contributed by atoms with Gasteiger partial charge in [-0.2, -0.15) is 10.2 Å². The highest BCUT2D eigenvalue weighted by Gasteiger charge is 2.07. The van der Waals surface area contributed by atoms with Crippen LogP contribution in [-0.4, -0.2) is 57.3 Å². The Morgan fingerprint density at radius 1 is 1.28 bits per heavy atom. The fraction of sp³-hybridized carbons (Fsp3) is 0.375. The van der Waals surface area contributed by atoms with Gasteiger partial charge in [0, 0.05) is 14.1 Å². The van der Waals surface area contributed by atoms with Crippen molar-refractivity contribution in [1.29, 1.82) is 0 Å². The Bertz CT molecular complexity index is 408. The van der Waals surface area contributed by atoms with Gasteiger partial charge >= 0.3 is 5.97 Å². The minimum absolute atomic E-state index is 0.00832.